The Bertz CT molecular complexity index is 569. The van der Waals surface area contributed by atoms with Gasteiger partial charge in [0.15, 0.2) is 0 Å². The molecule has 1 N–H and O–H groups in total. The van der Waals surface area contributed by atoms with Gasteiger partial charge >= 0.3 is 0 Å². The fourth-order valence-corrected chi connectivity index (χ4v) is 2.88. The largest absolute Gasteiger partial charge is 0.311 e. The van der Waals surface area contributed by atoms with Crippen LogP contribution in [0, 0.1) is 0 Å². The number of nitrogens with one attached hydrogen (secondary N) is 1. The van der Waals surface area contributed by atoms with Crippen molar-refractivity contribution in [2.75, 3.05) is 5.32 Å². The SMILES string of the molecule is O=C(CCn1cccn1)Nc1ccnn1C1CCCCC1. The summed E-state index contributed by atoms with van der Waals surface area (Å²) in [6.07, 6.45) is 11.9. The molecule has 112 valence electrons. The molecule has 2 aromatic heterocycles. The Hall–Kier alpha value is -2.11. The second-order valence-electron chi connectivity index (χ2n) is 5.52. The van der Waals surface area contributed by atoms with Crippen LogP contribution in [0.5, 0.6) is 0 Å². The topological polar surface area (TPSA) is 64.7 Å². The van der Waals surface area contributed by atoms with Crippen LogP contribution in [0.3, 0.4) is 0 Å². The van der Waals surface area contributed by atoms with Gasteiger partial charge in [0.2, 0.25) is 5.91 Å². The van der Waals surface area contributed by atoms with Crippen molar-refractivity contribution in [2.24, 2.45) is 0 Å². The predicted octanol–water partition coefficient (Wildman–Crippen LogP) is 2.61. The van der Waals surface area contributed by atoms with Gasteiger partial charge in [-0.15, -0.1) is 0 Å². The van der Waals surface area contributed by atoms with Gasteiger partial charge in [-0.3, -0.25) is 9.48 Å². The molecule has 6 nitrogen and oxygen atoms in total. The lowest BCUT2D eigenvalue weighted by Crippen LogP contribution is -2.21. The number of carbonyl (C=O) groups is 1. The third kappa shape index (κ3) is 3.51. The van der Waals surface area contributed by atoms with Gasteiger partial charge in [-0.25, -0.2) is 4.68 Å². The number of aryl methyl sites for hydroxylation is 1. The first-order chi connectivity index (χ1) is 10.3. The summed E-state index contributed by atoms with van der Waals surface area (Å²) in [6.45, 7) is 0.594. The summed E-state index contributed by atoms with van der Waals surface area (Å²) >= 11 is 0. The van der Waals surface area contributed by atoms with E-state index in [1.807, 2.05) is 23.0 Å². The Morgan fingerprint density at radius 3 is 2.86 bits per heavy atom. The van der Waals surface area contributed by atoms with E-state index in [0.717, 1.165) is 18.7 Å². The third-order valence-electron chi connectivity index (χ3n) is 3.99. The summed E-state index contributed by atoms with van der Waals surface area (Å²) in [7, 11) is 0. The molecule has 6 heteroatoms. The van der Waals surface area contributed by atoms with Crippen molar-refractivity contribution in [3.05, 3.63) is 30.7 Å². The maximum Gasteiger partial charge on any atom is 0.227 e. The van der Waals surface area contributed by atoms with E-state index < -0.39 is 0 Å². The quantitative estimate of drug-likeness (QED) is 0.919. The zero-order chi connectivity index (χ0) is 14.5. The van der Waals surface area contributed by atoms with Crippen LogP contribution in [0.15, 0.2) is 30.7 Å². The number of anilines is 1. The number of amides is 1. The van der Waals surface area contributed by atoms with E-state index in [0.29, 0.717) is 19.0 Å². The highest BCUT2D eigenvalue weighted by atomic mass is 16.1. The first-order valence-corrected chi connectivity index (χ1v) is 7.64. The van der Waals surface area contributed by atoms with Crippen molar-refractivity contribution in [2.45, 2.75) is 51.1 Å². The lowest BCUT2D eigenvalue weighted by atomic mass is 9.96. The fraction of sp³-hybridized carbons (Fsp3) is 0.533. The van der Waals surface area contributed by atoms with E-state index in [1.165, 1.54) is 19.3 Å². The fourth-order valence-electron chi connectivity index (χ4n) is 2.88. The van der Waals surface area contributed by atoms with Gasteiger partial charge in [-0.05, 0) is 18.9 Å². The van der Waals surface area contributed by atoms with Gasteiger partial charge in [-0.1, -0.05) is 19.3 Å². The van der Waals surface area contributed by atoms with E-state index in [9.17, 15) is 4.79 Å². The third-order valence-corrected chi connectivity index (χ3v) is 3.99. The van der Waals surface area contributed by atoms with Crippen LogP contribution in [0.2, 0.25) is 0 Å². The molecule has 0 saturated heterocycles. The Balaban J connectivity index is 1.57. The van der Waals surface area contributed by atoms with Gasteiger partial charge in [0, 0.05) is 31.4 Å². The highest BCUT2D eigenvalue weighted by Gasteiger charge is 2.19. The van der Waals surface area contributed by atoms with E-state index in [2.05, 4.69) is 15.5 Å². The minimum absolute atomic E-state index is 0.00283. The number of nitrogens with zero attached hydrogens (tertiary/aromatic N) is 4. The summed E-state index contributed by atoms with van der Waals surface area (Å²) in [5.74, 6) is 0.815. The van der Waals surface area contributed by atoms with Crippen molar-refractivity contribution in [3.8, 4) is 0 Å². The molecule has 1 amide bonds. The molecule has 0 atom stereocenters. The Kier molecular flexibility index (Phi) is 4.33. The first kappa shape index (κ1) is 13.9. The molecule has 0 aromatic carbocycles. The first-order valence-electron chi connectivity index (χ1n) is 7.64. The summed E-state index contributed by atoms with van der Waals surface area (Å²) in [4.78, 5) is 12.0. The maximum atomic E-state index is 12.0. The molecule has 0 aliphatic heterocycles. The van der Waals surface area contributed by atoms with Gasteiger partial charge in [0.25, 0.3) is 0 Å². The minimum Gasteiger partial charge on any atom is -0.311 e. The average Bonchev–Trinajstić information content (AvgIpc) is 3.17. The van der Waals surface area contributed by atoms with E-state index in [1.54, 1.807) is 17.1 Å². The minimum atomic E-state index is 0.00283. The molecule has 0 unspecified atom stereocenters. The monoisotopic (exact) mass is 287 g/mol. The summed E-state index contributed by atoms with van der Waals surface area (Å²) in [5, 5.41) is 11.5. The molecule has 2 aromatic rings. The smallest absolute Gasteiger partial charge is 0.227 e. The molecule has 1 aliphatic carbocycles. The standard InChI is InChI=1S/C15H21N5O/c21-15(8-12-19-11-4-9-16-19)18-14-7-10-17-20(14)13-5-2-1-3-6-13/h4,7,9-11,13H,1-3,5-6,8,12H2,(H,18,21). The Labute approximate surface area is 124 Å². The van der Waals surface area contributed by atoms with Crippen LogP contribution >= 0.6 is 0 Å². The summed E-state index contributed by atoms with van der Waals surface area (Å²) in [6, 6.07) is 4.16. The number of aromatic nitrogens is 4. The van der Waals surface area contributed by atoms with Gasteiger partial charge in [0.1, 0.15) is 5.82 Å². The Morgan fingerprint density at radius 1 is 1.24 bits per heavy atom. The van der Waals surface area contributed by atoms with Crippen molar-refractivity contribution in [1.29, 1.82) is 0 Å². The van der Waals surface area contributed by atoms with Gasteiger partial charge in [0.05, 0.1) is 12.2 Å². The van der Waals surface area contributed by atoms with Crippen LogP contribution in [-0.2, 0) is 11.3 Å². The average molecular weight is 287 g/mol. The van der Waals surface area contributed by atoms with Crippen LogP contribution in [0.4, 0.5) is 5.82 Å². The second-order valence-corrected chi connectivity index (χ2v) is 5.52. The molecule has 1 saturated carbocycles. The van der Waals surface area contributed by atoms with Crippen LogP contribution in [-0.4, -0.2) is 25.5 Å². The zero-order valence-corrected chi connectivity index (χ0v) is 12.1. The van der Waals surface area contributed by atoms with Crippen LogP contribution in [0.1, 0.15) is 44.6 Å². The van der Waals surface area contributed by atoms with Gasteiger partial charge < -0.3 is 5.32 Å². The lowest BCUT2D eigenvalue weighted by Gasteiger charge is -2.23. The number of hydrogen-bond acceptors (Lipinski definition) is 3. The highest BCUT2D eigenvalue weighted by molar-refractivity contribution is 5.89. The molecule has 1 fully saturated rings. The molecule has 2 heterocycles. The normalized spacial score (nSPS) is 16.0. The summed E-state index contributed by atoms with van der Waals surface area (Å²) in [5.41, 5.74) is 0. The van der Waals surface area contributed by atoms with Crippen molar-refractivity contribution >= 4 is 11.7 Å². The molecular weight excluding hydrogens is 266 g/mol. The number of carbonyl (C=O) groups excluding carboxylic acids is 1. The van der Waals surface area contributed by atoms with Crippen molar-refractivity contribution < 1.29 is 4.79 Å². The van der Waals surface area contributed by atoms with Crippen LogP contribution < -0.4 is 5.32 Å². The predicted molar refractivity (Wildman–Crippen MR) is 79.8 cm³/mol. The van der Waals surface area contributed by atoms with Crippen LogP contribution in [0.25, 0.3) is 0 Å². The molecular formula is C15H21N5O. The van der Waals surface area contributed by atoms with Crippen molar-refractivity contribution in [3.63, 3.8) is 0 Å². The lowest BCUT2D eigenvalue weighted by molar-refractivity contribution is -0.116. The molecule has 0 radical (unpaired) electrons. The number of rotatable bonds is 5. The van der Waals surface area contributed by atoms with E-state index in [-0.39, 0.29) is 5.91 Å². The molecule has 3 rings (SSSR count). The van der Waals surface area contributed by atoms with E-state index in [4.69, 9.17) is 0 Å². The molecule has 1 aliphatic rings. The molecule has 0 spiro atoms. The highest BCUT2D eigenvalue weighted by Crippen LogP contribution is 2.29. The molecule has 21 heavy (non-hydrogen) atoms. The van der Waals surface area contributed by atoms with E-state index >= 15 is 0 Å². The second kappa shape index (κ2) is 6.56. The van der Waals surface area contributed by atoms with Gasteiger partial charge in [-0.2, -0.15) is 10.2 Å². The summed E-state index contributed by atoms with van der Waals surface area (Å²) < 4.78 is 3.74. The zero-order valence-electron chi connectivity index (χ0n) is 12.1. The Morgan fingerprint density at radius 2 is 2.10 bits per heavy atom. The van der Waals surface area contributed by atoms with Crippen molar-refractivity contribution in [1.82, 2.24) is 19.6 Å². The molecule has 0 bridgehead atoms. The maximum absolute atomic E-state index is 12.0. The number of hydrogen-bond donors (Lipinski definition) is 1.